The van der Waals surface area contributed by atoms with Crippen molar-refractivity contribution >= 4 is 0 Å². The number of hydrogen-bond donors (Lipinski definition) is 1. The van der Waals surface area contributed by atoms with E-state index in [1.165, 1.54) is 12.3 Å². The molecule has 0 atom stereocenters. The van der Waals surface area contributed by atoms with Gasteiger partial charge in [0.2, 0.25) is 5.88 Å². The molecule has 1 N–H and O–H groups in total. The first-order chi connectivity index (χ1) is 9.54. The summed E-state index contributed by atoms with van der Waals surface area (Å²) in [6.07, 6.45) is 3.04. The molecule has 6 heteroatoms. The maximum atomic E-state index is 13.1. The molecule has 20 heavy (non-hydrogen) atoms. The summed E-state index contributed by atoms with van der Waals surface area (Å²) in [6, 6.07) is 3.63. The van der Waals surface area contributed by atoms with Gasteiger partial charge in [0.05, 0.1) is 11.9 Å². The normalized spacial score (nSPS) is 10.8. The van der Waals surface area contributed by atoms with Gasteiger partial charge in [-0.15, -0.1) is 0 Å². The maximum absolute atomic E-state index is 13.1. The molecule has 0 amide bonds. The molecule has 0 unspecified atom stereocenters. The third-order valence-electron chi connectivity index (χ3n) is 2.47. The van der Waals surface area contributed by atoms with E-state index in [4.69, 9.17) is 4.74 Å². The summed E-state index contributed by atoms with van der Waals surface area (Å²) in [6.45, 7) is 4.60. The molecule has 0 aliphatic heterocycles. The second-order valence-corrected chi connectivity index (χ2v) is 4.56. The van der Waals surface area contributed by atoms with Crippen LogP contribution in [0.4, 0.5) is 8.78 Å². The van der Waals surface area contributed by atoms with E-state index in [2.05, 4.69) is 15.3 Å². The Labute approximate surface area is 115 Å². The molecule has 4 nitrogen and oxygen atoms in total. The van der Waals surface area contributed by atoms with E-state index in [0.29, 0.717) is 18.3 Å². The van der Waals surface area contributed by atoms with Crippen molar-refractivity contribution < 1.29 is 13.5 Å². The second-order valence-electron chi connectivity index (χ2n) is 4.56. The summed E-state index contributed by atoms with van der Waals surface area (Å²) in [5, 5.41) is 3.20. The van der Waals surface area contributed by atoms with Crippen molar-refractivity contribution in [2.75, 3.05) is 0 Å². The summed E-state index contributed by atoms with van der Waals surface area (Å²) in [4.78, 5) is 8.23. The zero-order chi connectivity index (χ0) is 14.5. The Bertz CT molecular complexity index is 590. The Kier molecular flexibility index (Phi) is 4.57. The molecule has 0 aliphatic carbocycles. The molecular formula is C14H15F2N3O. The Hall–Kier alpha value is -2.08. The summed E-state index contributed by atoms with van der Waals surface area (Å²) in [7, 11) is 0. The van der Waals surface area contributed by atoms with E-state index in [-0.39, 0.29) is 11.6 Å². The van der Waals surface area contributed by atoms with E-state index in [0.717, 1.165) is 12.1 Å². The van der Waals surface area contributed by atoms with Gasteiger partial charge in [0.15, 0.2) is 11.6 Å². The summed E-state index contributed by atoms with van der Waals surface area (Å²) >= 11 is 0. The smallest absolute Gasteiger partial charge is 0.238 e. The van der Waals surface area contributed by atoms with Crippen LogP contribution in [0.2, 0.25) is 0 Å². The fourth-order valence-electron chi connectivity index (χ4n) is 1.49. The van der Waals surface area contributed by atoms with Gasteiger partial charge in [0.1, 0.15) is 5.75 Å². The molecule has 1 aromatic heterocycles. The Balaban J connectivity index is 2.08. The van der Waals surface area contributed by atoms with Crippen molar-refractivity contribution in [2.45, 2.75) is 26.4 Å². The quantitative estimate of drug-likeness (QED) is 0.913. The van der Waals surface area contributed by atoms with Gasteiger partial charge in [-0.1, -0.05) is 13.8 Å². The minimum absolute atomic E-state index is 0.173. The predicted octanol–water partition coefficient (Wildman–Crippen LogP) is 3.05. The van der Waals surface area contributed by atoms with E-state index < -0.39 is 11.6 Å². The van der Waals surface area contributed by atoms with Gasteiger partial charge in [-0.3, -0.25) is 4.98 Å². The Morgan fingerprint density at radius 1 is 1.20 bits per heavy atom. The highest BCUT2D eigenvalue weighted by molar-refractivity contribution is 5.27. The van der Waals surface area contributed by atoms with Crippen LogP contribution in [0.25, 0.3) is 0 Å². The average Bonchev–Trinajstić information content (AvgIpc) is 2.41. The molecule has 0 radical (unpaired) electrons. The highest BCUT2D eigenvalue weighted by Crippen LogP contribution is 2.21. The van der Waals surface area contributed by atoms with Gasteiger partial charge in [0, 0.05) is 24.8 Å². The van der Waals surface area contributed by atoms with Crippen molar-refractivity contribution in [3.05, 3.63) is 47.9 Å². The first-order valence-corrected chi connectivity index (χ1v) is 6.22. The molecule has 2 aromatic rings. The van der Waals surface area contributed by atoms with Crippen molar-refractivity contribution in [3.8, 4) is 11.6 Å². The highest BCUT2D eigenvalue weighted by Gasteiger charge is 2.06. The Morgan fingerprint density at radius 3 is 2.70 bits per heavy atom. The minimum Gasteiger partial charge on any atom is -0.437 e. The standard InChI is InChI=1S/C14H15F2N3O/c1-9(2)18-7-10-6-17-8-14(19-10)20-11-3-4-12(15)13(16)5-11/h3-6,8-9,18H,7H2,1-2H3. The SMILES string of the molecule is CC(C)NCc1cncc(Oc2ccc(F)c(F)c2)n1. The lowest BCUT2D eigenvalue weighted by Gasteiger charge is -2.09. The van der Waals surface area contributed by atoms with Crippen LogP contribution < -0.4 is 10.1 Å². The lowest BCUT2D eigenvalue weighted by atomic mass is 10.3. The third-order valence-corrected chi connectivity index (χ3v) is 2.47. The van der Waals surface area contributed by atoms with Crippen LogP contribution in [0, 0.1) is 11.6 Å². The number of nitrogens with zero attached hydrogens (tertiary/aromatic N) is 2. The molecule has 0 spiro atoms. The first-order valence-electron chi connectivity index (χ1n) is 6.22. The molecule has 0 saturated carbocycles. The van der Waals surface area contributed by atoms with Gasteiger partial charge in [0.25, 0.3) is 0 Å². The number of halogens is 2. The molecular weight excluding hydrogens is 264 g/mol. The number of ether oxygens (including phenoxy) is 1. The number of nitrogens with one attached hydrogen (secondary N) is 1. The number of rotatable bonds is 5. The van der Waals surface area contributed by atoms with E-state index in [1.807, 2.05) is 13.8 Å². The van der Waals surface area contributed by atoms with Gasteiger partial charge in [-0.05, 0) is 12.1 Å². The Morgan fingerprint density at radius 2 is 2.00 bits per heavy atom. The summed E-state index contributed by atoms with van der Waals surface area (Å²) in [5.74, 6) is -1.47. The molecule has 106 valence electrons. The number of hydrogen-bond acceptors (Lipinski definition) is 4. The van der Waals surface area contributed by atoms with Crippen LogP contribution in [0.1, 0.15) is 19.5 Å². The van der Waals surface area contributed by atoms with Gasteiger partial charge >= 0.3 is 0 Å². The topological polar surface area (TPSA) is 47.0 Å². The van der Waals surface area contributed by atoms with Crippen LogP contribution in [-0.2, 0) is 6.54 Å². The number of benzene rings is 1. The van der Waals surface area contributed by atoms with Gasteiger partial charge in [-0.2, -0.15) is 0 Å². The fourth-order valence-corrected chi connectivity index (χ4v) is 1.49. The third kappa shape index (κ3) is 3.96. The molecule has 0 fully saturated rings. The first kappa shape index (κ1) is 14.3. The zero-order valence-corrected chi connectivity index (χ0v) is 11.2. The zero-order valence-electron chi connectivity index (χ0n) is 11.2. The molecule has 1 aromatic carbocycles. The van der Waals surface area contributed by atoms with Gasteiger partial charge < -0.3 is 10.1 Å². The fraction of sp³-hybridized carbons (Fsp3) is 0.286. The van der Waals surface area contributed by atoms with E-state index in [1.54, 1.807) is 6.20 Å². The molecule has 0 bridgehead atoms. The van der Waals surface area contributed by atoms with Crippen molar-refractivity contribution in [1.29, 1.82) is 0 Å². The summed E-state index contributed by atoms with van der Waals surface area (Å²) in [5.41, 5.74) is 0.707. The molecule has 1 heterocycles. The van der Waals surface area contributed by atoms with Crippen molar-refractivity contribution in [3.63, 3.8) is 0 Å². The van der Waals surface area contributed by atoms with Gasteiger partial charge in [-0.25, -0.2) is 13.8 Å². The lowest BCUT2D eigenvalue weighted by molar-refractivity contribution is 0.442. The van der Waals surface area contributed by atoms with Crippen LogP contribution in [-0.4, -0.2) is 16.0 Å². The van der Waals surface area contributed by atoms with E-state index in [9.17, 15) is 8.78 Å². The van der Waals surface area contributed by atoms with E-state index >= 15 is 0 Å². The minimum atomic E-state index is -0.965. The predicted molar refractivity (Wildman–Crippen MR) is 70.4 cm³/mol. The second kappa shape index (κ2) is 6.38. The monoisotopic (exact) mass is 279 g/mol. The largest absolute Gasteiger partial charge is 0.437 e. The van der Waals surface area contributed by atoms with Crippen LogP contribution in [0.5, 0.6) is 11.6 Å². The molecule has 2 rings (SSSR count). The molecule has 0 saturated heterocycles. The summed E-state index contributed by atoms with van der Waals surface area (Å²) < 4.78 is 31.2. The average molecular weight is 279 g/mol. The van der Waals surface area contributed by atoms with Crippen molar-refractivity contribution in [2.24, 2.45) is 0 Å². The van der Waals surface area contributed by atoms with Crippen molar-refractivity contribution in [1.82, 2.24) is 15.3 Å². The van der Waals surface area contributed by atoms with Crippen LogP contribution in [0.3, 0.4) is 0 Å². The molecule has 0 aliphatic rings. The maximum Gasteiger partial charge on any atom is 0.238 e. The van der Waals surface area contributed by atoms with Crippen LogP contribution >= 0.6 is 0 Å². The highest BCUT2D eigenvalue weighted by atomic mass is 19.2. The number of aromatic nitrogens is 2. The lowest BCUT2D eigenvalue weighted by Crippen LogP contribution is -2.22. The van der Waals surface area contributed by atoms with Crippen LogP contribution in [0.15, 0.2) is 30.6 Å².